The zero-order valence-electron chi connectivity index (χ0n) is 29.5. The standard InChI is InChI=1S/C51H35NS2/c1-4-14-37(15-5-1)38-29-26-35(27-30-38)32-39(33-36-28-31-49-46(34-36)43-20-10-11-25-48(43)53-49)42-21-12-22-44-45-23-13-24-47(51(45)54-50(42)44)52(40-16-6-2-7-17-40)41-18-8-3-9-19-41/h1-31,33-34H,32H2/b39-33-. The SMILES string of the molecule is C(=C(\Cc1ccc(-c2ccccc2)cc1)c1cccc2c1sc1c(N(c3ccccc3)c3ccccc3)cccc12)/c1ccc2sc3ccccc3c2c1. The van der Waals surface area contributed by atoms with Crippen molar-refractivity contribution < 1.29 is 0 Å². The van der Waals surface area contributed by atoms with Crippen LogP contribution in [0.2, 0.25) is 0 Å². The number of rotatable bonds is 8. The lowest BCUT2D eigenvalue weighted by Gasteiger charge is -2.25. The Morgan fingerprint density at radius 2 is 1.04 bits per heavy atom. The van der Waals surface area contributed by atoms with Crippen LogP contribution in [0.25, 0.3) is 63.1 Å². The van der Waals surface area contributed by atoms with Gasteiger partial charge < -0.3 is 4.90 Å². The van der Waals surface area contributed by atoms with Crippen molar-refractivity contribution in [3.05, 3.63) is 211 Å². The van der Waals surface area contributed by atoms with Crippen molar-refractivity contribution in [2.24, 2.45) is 0 Å². The molecule has 3 heteroatoms. The van der Waals surface area contributed by atoms with Gasteiger partial charge in [-0.1, -0.05) is 152 Å². The summed E-state index contributed by atoms with van der Waals surface area (Å²) in [6.07, 6.45) is 3.25. The maximum absolute atomic E-state index is 2.43. The van der Waals surface area contributed by atoms with Gasteiger partial charge in [-0.25, -0.2) is 0 Å². The highest BCUT2D eigenvalue weighted by Gasteiger charge is 2.20. The Morgan fingerprint density at radius 3 is 1.78 bits per heavy atom. The number of hydrogen-bond acceptors (Lipinski definition) is 3. The van der Waals surface area contributed by atoms with E-state index in [1.807, 2.05) is 22.7 Å². The van der Waals surface area contributed by atoms with E-state index in [0.29, 0.717) is 0 Å². The normalized spacial score (nSPS) is 11.9. The van der Waals surface area contributed by atoms with Crippen LogP contribution < -0.4 is 4.90 Å². The highest BCUT2D eigenvalue weighted by atomic mass is 32.1. The Kier molecular flexibility index (Phi) is 8.37. The predicted octanol–water partition coefficient (Wildman–Crippen LogP) is 15.3. The minimum Gasteiger partial charge on any atom is -0.309 e. The molecule has 0 bridgehead atoms. The first kappa shape index (κ1) is 32.4. The van der Waals surface area contributed by atoms with E-state index in [1.54, 1.807) is 0 Å². The quantitative estimate of drug-likeness (QED) is 0.141. The van der Waals surface area contributed by atoms with E-state index in [-0.39, 0.29) is 0 Å². The molecule has 8 aromatic carbocycles. The molecule has 0 aliphatic rings. The molecule has 0 radical (unpaired) electrons. The molecule has 0 fully saturated rings. The zero-order chi connectivity index (χ0) is 35.8. The second kappa shape index (κ2) is 13.9. The Bertz CT molecular complexity index is 2900. The average molecular weight is 726 g/mol. The van der Waals surface area contributed by atoms with Crippen LogP contribution in [0.3, 0.4) is 0 Å². The van der Waals surface area contributed by atoms with Gasteiger partial charge in [-0.2, -0.15) is 0 Å². The van der Waals surface area contributed by atoms with Crippen LogP contribution in [0.4, 0.5) is 17.1 Å². The summed E-state index contributed by atoms with van der Waals surface area (Å²) in [6, 6.07) is 70.6. The first-order valence-corrected chi connectivity index (χ1v) is 20.0. The monoisotopic (exact) mass is 725 g/mol. The van der Waals surface area contributed by atoms with Crippen molar-refractivity contribution in [1.82, 2.24) is 0 Å². The largest absolute Gasteiger partial charge is 0.309 e. The summed E-state index contributed by atoms with van der Waals surface area (Å²) in [6.45, 7) is 0. The minimum atomic E-state index is 0.817. The Hall–Kier alpha value is -6.26. The van der Waals surface area contributed by atoms with Crippen LogP contribution >= 0.6 is 22.7 Å². The van der Waals surface area contributed by atoms with Crippen molar-refractivity contribution in [1.29, 1.82) is 0 Å². The average Bonchev–Trinajstić information content (AvgIpc) is 3.81. The topological polar surface area (TPSA) is 3.24 Å². The second-order valence-corrected chi connectivity index (χ2v) is 15.8. The Labute approximate surface area is 323 Å². The molecule has 54 heavy (non-hydrogen) atoms. The molecule has 0 spiro atoms. The number of para-hydroxylation sites is 2. The van der Waals surface area contributed by atoms with Crippen LogP contribution in [0, 0.1) is 0 Å². The van der Waals surface area contributed by atoms with Crippen LogP contribution in [-0.4, -0.2) is 0 Å². The van der Waals surface area contributed by atoms with E-state index >= 15 is 0 Å². The number of fused-ring (bicyclic) bond motifs is 6. The van der Waals surface area contributed by atoms with Gasteiger partial charge in [-0.15, -0.1) is 22.7 Å². The first-order chi connectivity index (χ1) is 26.8. The predicted molar refractivity (Wildman–Crippen MR) is 237 cm³/mol. The molecule has 0 aliphatic heterocycles. The van der Waals surface area contributed by atoms with E-state index in [1.165, 1.54) is 79.4 Å². The van der Waals surface area contributed by atoms with Gasteiger partial charge in [0.05, 0.1) is 10.4 Å². The molecule has 0 amide bonds. The van der Waals surface area contributed by atoms with Gasteiger partial charge in [0, 0.05) is 47.0 Å². The van der Waals surface area contributed by atoms with E-state index in [9.17, 15) is 0 Å². The summed E-state index contributed by atoms with van der Waals surface area (Å²) in [4.78, 5) is 2.39. The molecule has 0 aliphatic carbocycles. The van der Waals surface area contributed by atoms with Gasteiger partial charge in [0.25, 0.3) is 0 Å². The Balaban J connectivity index is 1.15. The summed E-state index contributed by atoms with van der Waals surface area (Å²) in [5.74, 6) is 0. The molecule has 0 atom stereocenters. The summed E-state index contributed by atoms with van der Waals surface area (Å²) in [5, 5.41) is 5.22. The number of anilines is 3. The maximum atomic E-state index is 2.43. The third-order valence-electron chi connectivity index (χ3n) is 10.3. The lowest BCUT2D eigenvalue weighted by molar-refractivity contribution is 1.29. The van der Waals surface area contributed by atoms with Crippen LogP contribution in [0.15, 0.2) is 194 Å². The summed E-state index contributed by atoms with van der Waals surface area (Å²) < 4.78 is 5.26. The molecule has 10 aromatic rings. The molecule has 1 nitrogen and oxygen atoms in total. The first-order valence-electron chi connectivity index (χ1n) is 18.4. The van der Waals surface area contributed by atoms with Gasteiger partial charge in [-0.05, 0) is 88.3 Å². The molecular formula is C51H35NS2. The molecular weight excluding hydrogens is 691 g/mol. The molecule has 2 aromatic heterocycles. The van der Waals surface area contributed by atoms with Crippen molar-refractivity contribution in [3.8, 4) is 11.1 Å². The second-order valence-electron chi connectivity index (χ2n) is 13.7. The minimum absolute atomic E-state index is 0.817. The van der Waals surface area contributed by atoms with Crippen LogP contribution in [-0.2, 0) is 6.42 Å². The lowest BCUT2D eigenvalue weighted by atomic mass is 9.93. The smallest absolute Gasteiger partial charge is 0.0640 e. The Morgan fingerprint density at radius 1 is 0.444 bits per heavy atom. The van der Waals surface area contributed by atoms with E-state index in [0.717, 1.165) is 17.8 Å². The fraction of sp³-hybridized carbons (Fsp3) is 0.0196. The number of thiophene rings is 2. The van der Waals surface area contributed by atoms with Crippen molar-refractivity contribution in [2.75, 3.05) is 4.90 Å². The molecule has 0 saturated carbocycles. The van der Waals surface area contributed by atoms with Crippen LogP contribution in [0.5, 0.6) is 0 Å². The maximum Gasteiger partial charge on any atom is 0.0640 e. The third-order valence-corrected chi connectivity index (χ3v) is 12.7. The molecule has 0 N–H and O–H groups in total. The summed E-state index contributed by atoms with van der Waals surface area (Å²) in [5.41, 5.74) is 11.1. The molecule has 10 rings (SSSR count). The molecule has 256 valence electrons. The van der Waals surface area contributed by atoms with Gasteiger partial charge in [-0.3, -0.25) is 0 Å². The highest BCUT2D eigenvalue weighted by Crippen LogP contribution is 2.47. The molecule has 0 saturated heterocycles. The zero-order valence-corrected chi connectivity index (χ0v) is 31.2. The fourth-order valence-corrected chi connectivity index (χ4v) is 10.2. The van der Waals surface area contributed by atoms with E-state index in [4.69, 9.17) is 0 Å². The molecule has 2 heterocycles. The third kappa shape index (κ3) is 5.98. The van der Waals surface area contributed by atoms with Crippen molar-refractivity contribution in [3.63, 3.8) is 0 Å². The van der Waals surface area contributed by atoms with Gasteiger partial charge in [0.15, 0.2) is 0 Å². The van der Waals surface area contributed by atoms with Gasteiger partial charge in [0.2, 0.25) is 0 Å². The summed E-state index contributed by atoms with van der Waals surface area (Å²) in [7, 11) is 0. The van der Waals surface area contributed by atoms with Gasteiger partial charge >= 0.3 is 0 Å². The number of hydrogen-bond donors (Lipinski definition) is 0. The number of benzene rings is 8. The van der Waals surface area contributed by atoms with Crippen molar-refractivity contribution >= 4 is 91.7 Å². The summed E-state index contributed by atoms with van der Waals surface area (Å²) >= 11 is 3.78. The fourth-order valence-electron chi connectivity index (χ4n) is 7.74. The number of nitrogens with zero attached hydrogens (tertiary/aromatic N) is 1. The van der Waals surface area contributed by atoms with Crippen LogP contribution in [0.1, 0.15) is 16.7 Å². The highest BCUT2D eigenvalue weighted by molar-refractivity contribution is 7.26. The number of allylic oxidation sites excluding steroid dienone is 1. The van der Waals surface area contributed by atoms with E-state index < -0.39 is 0 Å². The molecule has 0 unspecified atom stereocenters. The van der Waals surface area contributed by atoms with E-state index in [2.05, 4.69) is 205 Å². The lowest BCUT2D eigenvalue weighted by Crippen LogP contribution is -2.09. The van der Waals surface area contributed by atoms with Gasteiger partial charge in [0.1, 0.15) is 0 Å². The van der Waals surface area contributed by atoms with Crippen molar-refractivity contribution in [2.45, 2.75) is 6.42 Å².